The van der Waals surface area contributed by atoms with Gasteiger partial charge in [0.1, 0.15) is 5.78 Å². The van der Waals surface area contributed by atoms with E-state index in [1.54, 1.807) is 0 Å². The molecular formula is C7H13NO3S. The SMILES string of the molecule is CCC1CC(=O)CN1S(C)(=O)=O. The van der Waals surface area contributed by atoms with Crippen LogP contribution >= 0.6 is 0 Å². The monoisotopic (exact) mass is 191 g/mol. The van der Waals surface area contributed by atoms with Gasteiger partial charge in [-0.2, -0.15) is 4.31 Å². The number of ketones is 1. The Bertz CT molecular complexity index is 283. The number of rotatable bonds is 2. The molecular weight excluding hydrogens is 178 g/mol. The average molecular weight is 191 g/mol. The number of carbonyl (C=O) groups excluding carboxylic acids is 1. The number of sulfonamides is 1. The lowest BCUT2D eigenvalue weighted by Gasteiger charge is -2.18. The van der Waals surface area contributed by atoms with Crippen molar-refractivity contribution in [3.05, 3.63) is 0 Å². The molecule has 0 saturated carbocycles. The van der Waals surface area contributed by atoms with Crippen molar-refractivity contribution in [3.63, 3.8) is 0 Å². The van der Waals surface area contributed by atoms with Gasteiger partial charge in [0.25, 0.3) is 0 Å². The molecule has 1 saturated heterocycles. The van der Waals surface area contributed by atoms with Gasteiger partial charge in [-0.3, -0.25) is 4.79 Å². The summed E-state index contributed by atoms with van der Waals surface area (Å²) in [5.74, 6) is 0.0206. The first-order chi connectivity index (χ1) is 5.45. The van der Waals surface area contributed by atoms with E-state index < -0.39 is 10.0 Å². The molecule has 0 bridgehead atoms. The molecule has 4 nitrogen and oxygen atoms in total. The molecule has 1 rings (SSSR count). The molecule has 1 atom stereocenters. The normalized spacial score (nSPS) is 26.5. The van der Waals surface area contributed by atoms with E-state index in [0.717, 1.165) is 6.26 Å². The molecule has 0 aromatic rings. The van der Waals surface area contributed by atoms with Crippen LogP contribution in [0.3, 0.4) is 0 Å². The molecule has 0 amide bonds. The van der Waals surface area contributed by atoms with Crippen LogP contribution in [0.5, 0.6) is 0 Å². The van der Waals surface area contributed by atoms with Crippen LogP contribution in [0.25, 0.3) is 0 Å². The minimum absolute atomic E-state index is 0.0206. The van der Waals surface area contributed by atoms with E-state index in [9.17, 15) is 13.2 Å². The zero-order valence-electron chi connectivity index (χ0n) is 7.28. The van der Waals surface area contributed by atoms with Crippen LogP contribution < -0.4 is 0 Å². The van der Waals surface area contributed by atoms with Gasteiger partial charge in [0.2, 0.25) is 10.0 Å². The van der Waals surface area contributed by atoms with Crippen molar-refractivity contribution < 1.29 is 13.2 Å². The molecule has 1 aliphatic heterocycles. The van der Waals surface area contributed by atoms with Crippen molar-refractivity contribution in [2.45, 2.75) is 25.8 Å². The van der Waals surface area contributed by atoms with E-state index in [1.165, 1.54) is 4.31 Å². The fourth-order valence-corrected chi connectivity index (χ4v) is 2.61. The minimum Gasteiger partial charge on any atom is -0.298 e. The summed E-state index contributed by atoms with van der Waals surface area (Å²) in [5, 5.41) is 0. The predicted molar refractivity (Wildman–Crippen MR) is 45.3 cm³/mol. The first-order valence-electron chi connectivity index (χ1n) is 3.93. The number of carbonyl (C=O) groups is 1. The predicted octanol–water partition coefficient (Wildman–Crippen LogP) is -0.000600. The number of Topliss-reactive ketones (excluding diaryl/α,β-unsaturated/α-hetero) is 1. The smallest absolute Gasteiger partial charge is 0.211 e. The highest BCUT2D eigenvalue weighted by molar-refractivity contribution is 7.88. The quantitative estimate of drug-likeness (QED) is 0.617. The average Bonchev–Trinajstić information content (AvgIpc) is 2.29. The van der Waals surface area contributed by atoms with E-state index in [1.807, 2.05) is 6.92 Å². The Hall–Kier alpha value is -0.420. The van der Waals surface area contributed by atoms with Crippen LogP contribution in [-0.2, 0) is 14.8 Å². The van der Waals surface area contributed by atoms with Crippen LogP contribution in [0, 0.1) is 0 Å². The summed E-state index contributed by atoms with van der Waals surface area (Å²) in [4.78, 5) is 11.0. The van der Waals surface area contributed by atoms with Crippen LogP contribution in [0.4, 0.5) is 0 Å². The first-order valence-corrected chi connectivity index (χ1v) is 5.78. The van der Waals surface area contributed by atoms with Crippen LogP contribution in [0.15, 0.2) is 0 Å². The van der Waals surface area contributed by atoms with Crippen molar-refractivity contribution in [2.24, 2.45) is 0 Å². The maximum atomic E-state index is 11.1. The maximum absolute atomic E-state index is 11.1. The Morgan fingerprint density at radius 1 is 1.58 bits per heavy atom. The summed E-state index contributed by atoms with van der Waals surface area (Å²) < 4.78 is 23.5. The molecule has 5 heteroatoms. The zero-order chi connectivity index (χ0) is 9.35. The van der Waals surface area contributed by atoms with Gasteiger partial charge in [-0.25, -0.2) is 8.42 Å². The molecule has 1 heterocycles. The lowest BCUT2D eigenvalue weighted by molar-refractivity contribution is -0.116. The van der Waals surface area contributed by atoms with E-state index in [2.05, 4.69) is 0 Å². The van der Waals surface area contributed by atoms with Gasteiger partial charge in [-0.1, -0.05) is 6.92 Å². The van der Waals surface area contributed by atoms with Gasteiger partial charge >= 0.3 is 0 Å². The summed E-state index contributed by atoms with van der Waals surface area (Å²) in [6.45, 7) is 1.96. The molecule has 1 aliphatic rings. The Morgan fingerprint density at radius 3 is 2.50 bits per heavy atom. The highest BCUT2D eigenvalue weighted by Crippen LogP contribution is 2.19. The summed E-state index contributed by atoms with van der Waals surface area (Å²) in [7, 11) is -3.18. The van der Waals surface area contributed by atoms with E-state index in [0.29, 0.717) is 12.8 Å². The van der Waals surface area contributed by atoms with E-state index >= 15 is 0 Å². The second-order valence-corrected chi connectivity index (χ2v) is 5.05. The molecule has 1 unspecified atom stereocenters. The van der Waals surface area contributed by atoms with Gasteiger partial charge in [0, 0.05) is 12.5 Å². The fourth-order valence-electron chi connectivity index (χ4n) is 1.47. The van der Waals surface area contributed by atoms with Crippen LogP contribution in [-0.4, -0.2) is 37.3 Å². The number of hydrogen-bond acceptors (Lipinski definition) is 3. The van der Waals surface area contributed by atoms with Gasteiger partial charge in [0.15, 0.2) is 0 Å². The first kappa shape index (κ1) is 9.67. The van der Waals surface area contributed by atoms with Crippen molar-refractivity contribution in [1.82, 2.24) is 4.31 Å². The van der Waals surface area contributed by atoms with Crippen LogP contribution in [0.2, 0.25) is 0 Å². The topological polar surface area (TPSA) is 54.5 Å². The molecule has 0 N–H and O–H groups in total. The summed E-state index contributed by atoms with van der Waals surface area (Å²) in [6.07, 6.45) is 2.23. The minimum atomic E-state index is -3.18. The standard InChI is InChI=1S/C7H13NO3S/c1-3-6-4-7(9)5-8(6)12(2,10)11/h6H,3-5H2,1-2H3. The zero-order valence-corrected chi connectivity index (χ0v) is 8.10. The van der Waals surface area contributed by atoms with Crippen LogP contribution in [0.1, 0.15) is 19.8 Å². The van der Waals surface area contributed by atoms with Crippen molar-refractivity contribution >= 4 is 15.8 Å². The largest absolute Gasteiger partial charge is 0.298 e. The van der Waals surface area contributed by atoms with Gasteiger partial charge in [-0.05, 0) is 6.42 Å². The summed E-state index contributed by atoms with van der Waals surface area (Å²) >= 11 is 0. The Morgan fingerprint density at radius 2 is 2.17 bits per heavy atom. The molecule has 12 heavy (non-hydrogen) atoms. The lowest BCUT2D eigenvalue weighted by Crippen LogP contribution is -2.34. The molecule has 0 spiro atoms. The van der Waals surface area contributed by atoms with Gasteiger partial charge in [-0.15, -0.1) is 0 Å². The third-order valence-corrected chi connectivity index (χ3v) is 3.38. The van der Waals surface area contributed by atoms with Crippen molar-refractivity contribution in [2.75, 3.05) is 12.8 Å². The van der Waals surface area contributed by atoms with E-state index in [-0.39, 0.29) is 18.4 Å². The van der Waals surface area contributed by atoms with Gasteiger partial charge < -0.3 is 0 Å². The molecule has 0 radical (unpaired) electrons. The third kappa shape index (κ3) is 1.84. The Kier molecular flexibility index (Phi) is 2.53. The van der Waals surface area contributed by atoms with Crippen molar-refractivity contribution in [1.29, 1.82) is 0 Å². The molecule has 1 fully saturated rings. The van der Waals surface area contributed by atoms with Gasteiger partial charge in [0.05, 0.1) is 12.8 Å². The number of nitrogens with zero attached hydrogens (tertiary/aromatic N) is 1. The Labute approximate surface area is 72.6 Å². The second-order valence-electron chi connectivity index (χ2n) is 3.11. The lowest BCUT2D eigenvalue weighted by atomic mass is 10.2. The van der Waals surface area contributed by atoms with Crippen molar-refractivity contribution in [3.8, 4) is 0 Å². The Balaban J connectivity index is 2.84. The summed E-state index contributed by atoms with van der Waals surface area (Å²) in [6, 6.07) is -0.104. The fraction of sp³-hybridized carbons (Fsp3) is 0.857. The highest BCUT2D eigenvalue weighted by atomic mass is 32.2. The molecule has 0 aromatic heterocycles. The third-order valence-electron chi connectivity index (χ3n) is 2.10. The molecule has 70 valence electrons. The maximum Gasteiger partial charge on any atom is 0.211 e. The summed E-state index contributed by atoms with van der Waals surface area (Å²) in [5.41, 5.74) is 0. The second kappa shape index (κ2) is 3.14. The highest BCUT2D eigenvalue weighted by Gasteiger charge is 2.34. The van der Waals surface area contributed by atoms with E-state index in [4.69, 9.17) is 0 Å². The molecule has 0 aromatic carbocycles. The number of hydrogen-bond donors (Lipinski definition) is 0. The molecule has 0 aliphatic carbocycles.